The van der Waals surface area contributed by atoms with Gasteiger partial charge in [0.1, 0.15) is 0 Å². The number of aryl methyl sites for hydroxylation is 1. The van der Waals surface area contributed by atoms with Crippen LogP contribution in [0.2, 0.25) is 0 Å². The third-order valence-corrected chi connectivity index (χ3v) is 3.88. The number of methoxy groups -OCH3 is 1. The monoisotopic (exact) mass is 391 g/mol. The van der Waals surface area contributed by atoms with Crippen LogP contribution in [0, 0.1) is 6.92 Å². The van der Waals surface area contributed by atoms with E-state index in [4.69, 9.17) is 9.47 Å². The Morgan fingerprint density at radius 1 is 1.12 bits per heavy atom. The second-order valence-electron chi connectivity index (χ2n) is 5.22. The Bertz CT molecular complexity index is 774. The molecule has 0 aliphatic heterocycles. The molecule has 0 aromatic heterocycles. The molecule has 0 saturated heterocycles. The molecule has 0 aliphatic rings. The maximum absolute atomic E-state index is 12.1. The number of rotatable bonds is 6. The zero-order valence-corrected chi connectivity index (χ0v) is 15.3. The van der Waals surface area contributed by atoms with Crippen LogP contribution in [-0.2, 0) is 4.79 Å². The molecule has 0 saturated carbocycles. The van der Waals surface area contributed by atoms with Gasteiger partial charge in [-0.05, 0) is 55.8 Å². The van der Waals surface area contributed by atoms with Crippen LogP contribution < -0.4 is 14.8 Å². The Morgan fingerprint density at radius 2 is 1.88 bits per heavy atom. The van der Waals surface area contributed by atoms with E-state index < -0.39 is 0 Å². The van der Waals surface area contributed by atoms with Crippen molar-refractivity contribution in [2.24, 2.45) is 0 Å². The number of ether oxygens (including phenoxy) is 2. The molecule has 0 atom stereocenters. The largest absolute Gasteiger partial charge is 0.493 e. The average Bonchev–Trinajstić information content (AvgIpc) is 2.55. The lowest BCUT2D eigenvalue weighted by Crippen LogP contribution is -2.20. The Kier molecular flexibility index (Phi) is 5.98. The second-order valence-corrected chi connectivity index (χ2v) is 6.13. The molecule has 2 aromatic carbocycles. The summed E-state index contributed by atoms with van der Waals surface area (Å²) in [6.07, 6.45) is 0. The van der Waals surface area contributed by atoms with Crippen molar-refractivity contribution in [3.63, 3.8) is 0 Å². The number of carbonyl (C=O) groups is 2. The lowest BCUT2D eigenvalue weighted by Gasteiger charge is -2.12. The van der Waals surface area contributed by atoms with Gasteiger partial charge in [-0.1, -0.05) is 15.9 Å². The van der Waals surface area contributed by atoms with E-state index in [0.717, 1.165) is 15.7 Å². The number of benzene rings is 2. The first kappa shape index (κ1) is 18.0. The van der Waals surface area contributed by atoms with Gasteiger partial charge < -0.3 is 14.8 Å². The van der Waals surface area contributed by atoms with Crippen molar-refractivity contribution < 1.29 is 19.1 Å². The molecule has 0 aliphatic carbocycles. The highest BCUT2D eigenvalue weighted by Gasteiger charge is 2.11. The number of Topliss-reactive ketones (excluding diaryl/α,β-unsaturated/α-hetero) is 1. The Hall–Kier alpha value is -2.34. The summed E-state index contributed by atoms with van der Waals surface area (Å²) in [4.78, 5) is 23.4. The Labute approximate surface area is 149 Å². The van der Waals surface area contributed by atoms with E-state index in [1.807, 2.05) is 25.1 Å². The van der Waals surface area contributed by atoms with E-state index in [2.05, 4.69) is 21.2 Å². The minimum Gasteiger partial charge on any atom is -0.493 e. The van der Waals surface area contributed by atoms with Crippen molar-refractivity contribution >= 4 is 33.3 Å². The number of halogens is 1. The van der Waals surface area contributed by atoms with Gasteiger partial charge in [-0.25, -0.2) is 0 Å². The Balaban J connectivity index is 2.02. The van der Waals surface area contributed by atoms with Crippen LogP contribution in [0.25, 0.3) is 0 Å². The highest BCUT2D eigenvalue weighted by Crippen LogP contribution is 2.28. The number of carbonyl (C=O) groups excluding carboxylic acids is 2. The van der Waals surface area contributed by atoms with E-state index in [1.165, 1.54) is 14.0 Å². The van der Waals surface area contributed by atoms with E-state index in [1.54, 1.807) is 18.2 Å². The fourth-order valence-electron chi connectivity index (χ4n) is 2.10. The first-order chi connectivity index (χ1) is 11.4. The minimum atomic E-state index is -0.280. The van der Waals surface area contributed by atoms with Gasteiger partial charge in [-0.3, -0.25) is 9.59 Å². The van der Waals surface area contributed by atoms with Crippen molar-refractivity contribution in [2.45, 2.75) is 13.8 Å². The molecule has 2 aromatic rings. The van der Waals surface area contributed by atoms with Crippen LogP contribution >= 0.6 is 15.9 Å². The van der Waals surface area contributed by atoms with Crippen molar-refractivity contribution in [3.8, 4) is 11.5 Å². The maximum Gasteiger partial charge on any atom is 0.262 e. The first-order valence-electron chi connectivity index (χ1n) is 7.28. The smallest absolute Gasteiger partial charge is 0.262 e. The van der Waals surface area contributed by atoms with Crippen LogP contribution in [0.5, 0.6) is 11.5 Å². The number of ketones is 1. The summed E-state index contributed by atoms with van der Waals surface area (Å²) in [6.45, 7) is 3.22. The summed E-state index contributed by atoms with van der Waals surface area (Å²) in [5, 5.41) is 2.80. The summed E-state index contributed by atoms with van der Waals surface area (Å²) in [6, 6.07) is 10.4. The minimum absolute atomic E-state index is 0.0664. The summed E-state index contributed by atoms with van der Waals surface area (Å²) in [5.74, 6) is 0.474. The average molecular weight is 392 g/mol. The van der Waals surface area contributed by atoms with Gasteiger partial charge in [0, 0.05) is 15.7 Å². The molecule has 0 bridgehead atoms. The summed E-state index contributed by atoms with van der Waals surface area (Å²) in [7, 11) is 1.48. The fourth-order valence-corrected chi connectivity index (χ4v) is 2.58. The lowest BCUT2D eigenvalue weighted by atomic mass is 10.1. The van der Waals surface area contributed by atoms with E-state index in [-0.39, 0.29) is 18.3 Å². The number of nitrogens with one attached hydrogen (secondary N) is 1. The molecular weight excluding hydrogens is 374 g/mol. The molecule has 0 fully saturated rings. The number of hydrogen-bond donors (Lipinski definition) is 1. The van der Waals surface area contributed by atoms with Gasteiger partial charge in [0.15, 0.2) is 23.9 Å². The SMILES string of the molecule is COc1cc(C(C)=O)ccc1OCC(=O)Nc1ccc(Br)cc1C. The molecule has 0 heterocycles. The predicted molar refractivity (Wildman–Crippen MR) is 96.0 cm³/mol. The molecule has 126 valence electrons. The quantitative estimate of drug-likeness (QED) is 0.756. The molecule has 24 heavy (non-hydrogen) atoms. The molecule has 1 amide bonds. The molecule has 0 spiro atoms. The molecule has 0 radical (unpaired) electrons. The fraction of sp³-hybridized carbons (Fsp3) is 0.222. The summed E-state index contributed by atoms with van der Waals surface area (Å²) < 4.78 is 11.7. The van der Waals surface area contributed by atoms with Crippen molar-refractivity contribution in [1.82, 2.24) is 0 Å². The maximum atomic E-state index is 12.1. The third kappa shape index (κ3) is 4.58. The predicted octanol–water partition coefficient (Wildman–Crippen LogP) is 3.99. The van der Waals surface area contributed by atoms with Gasteiger partial charge in [0.2, 0.25) is 0 Å². The van der Waals surface area contributed by atoms with Crippen LogP contribution in [0.15, 0.2) is 40.9 Å². The lowest BCUT2D eigenvalue weighted by molar-refractivity contribution is -0.118. The van der Waals surface area contributed by atoms with Gasteiger partial charge in [0.25, 0.3) is 5.91 Å². The van der Waals surface area contributed by atoms with Gasteiger partial charge in [0.05, 0.1) is 7.11 Å². The van der Waals surface area contributed by atoms with Crippen LogP contribution in [0.3, 0.4) is 0 Å². The first-order valence-corrected chi connectivity index (χ1v) is 8.08. The Morgan fingerprint density at radius 3 is 2.50 bits per heavy atom. The van der Waals surface area contributed by atoms with Crippen molar-refractivity contribution in [1.29, 1.82) is 0 Å². The number of anilines is 1. The highest BCUT2D eigenvalue weighted by atomic mass is 79.9. The van der Waals surface area contributed by atoms with Crippen LogP contribution in [-0.4, -0.2) is 25.4 Å². The molecular formula is C18H18BrNO4. The normalized spacial score (nSPS) is 10.2. The van der Waals surface area contributed by atoms with E-state index >= 15 is 0 Å². The number of hydrogen-bond acceptors (Lipinski definition) is 4. The summed E-state index contributed by atoms with van der Waals surface area (Å²) in [5.41, 5.74) is 2.20. The summed E-state index contributed by atoms with van der Waals surface area (Å²) >= 11 is 3.38. The van der Waals surface area contributed by atoms with Crippen LogP contribution in [0.1, 0.15) is 22.8 Å². The van der Waals surface area contributed by atoms with E-state index in [9.17, 15) is 9.59 Å². The van der Waals surface area contributed by atoms with Crippen LogP contribution in [0.4, 0.5) is 5.69 Å². The molecule has 0 unspecified atom stereocenters. The van der Waals surface area contributed by atoms with Gasteiger partial charge in [-0.2, -0.15) is 0 Å². The molecule has 6 heteroatoms. The zero-order valence-electron chi connectivity index (χ0n) is 13.7. The van der Waals surface area contributed by atoms with Gasteiger partial charge in [-0.15, -0.1) is 0 Å². The topological polar surface area (TPSA) is 64.6 Å². The zero-order chi connectivity index (χ0) is 17.7. The molecule has 5 nitrogen and oxygen atoms in total. The van der Waals surface area contributed by atoms with Crippen molar-refractivity contribution in [2.75, 3.05) is 19.0 Å². The molecule has 2 rings (SSSR count). The standard InChI is InChI=1S/C18H18BrNO4/c1-11-8-14(19)5-6-15(11)20-18(22)10-24-16-7-4-13(12(2)21)9-17(16)23-3/h4-9H,10H2,1-3H3,(H,20,22). The molecule has 1 N–H and O–H groups in total. The second kappa shape index (κ2) is 7.97. The number of amides is 1. The van der Waals surface area contributed by atoms with Crippen molar-refractivity contribution in [3.05, 3.63) is 52.0 Å². The highest BCUT2D eigenvalue weighted by molar-refractivity contribution is 9.10. The third-order valence-electron chi connectivity index (χ3n) is 3.39. The van der Waals surface area contributed by atoms with E-state index in [0.29, 0.717) is 17.1 Å². The van der Waals surface area contributed by atoms with Gasteiger partial charge >= 0.3 is 0 Å².